The average Bonchev–Trinajstić information content (AvgIpc) is 3.12. The predicted molar refractivity (Wildman–Crippen MR) is 78.6 cm³/mol. The van der Waals surface area contributed by atoms with Crippen molar-refractivity contribution < 1.29 is 23.8 Å². The quantitative estimate of drug-likeness (QED) is 0.937. The number of amides is 1. The van der Waals surface area contributed by atoms with Gasteiger partial charge in [-0.05, 0) is 18.9 Å². The molecule has 0 aliphatic carbocycles. The summed E-state index contributed by atoms with van der Waals surface area (Å²) in [6.45, 7) is 0.670. The number of fused-ring (bicyclic) bond motifs is 1. The molecule has 6 nitrogen and oxygen atoms in total. The number of carbonyl (C=O) groups excluding carboxylic acids is 1. The molecule has 1 amide bonds. The van der Waals surface area contributed by atoms with Gasteiger partial charge in [-0.25, -0.2) is 4.79 Å². The molecular weight excluding hydrogens is 286 g/mol. The number of para-hydroxylation sites is 1. The monoisotopic (exact) mass is 303 g/mol. The van der Waals surface area contributed by atoms with Crippen molar-refractivity contribution >= 4 is 22.8 Å². The van der Waals surface area contributed by atoms with Gasteiger partial charge < -0.3 is 19.2 Å². The highest BCUT2D eigenvalue weighted by molar-refractivity contribution is 6.00. The molecular formula is C16H17NO5. The van der Waals surface area contributed by atoms with Gasteiger partial charge in [0.05, 0.1) is 6.61 Å². The van der Waals surface area contributed by atoms with E-state index in [1.807, 2.05) is 18.2 Å². The van der Waals surface area contributed by atoms with Gasteiger partial charge in [0.2, 0.25) is 0 Å². The van der Waals surface area contributed by atoms with Crippen LogP contribution in [0.2, 0.25) is 0 Å². The standard InChI is InChI=1S/C16H17NO5/c1-21-9-11-10-5-2-3-7-13(10)22-14(11)15(18)17-8-4-6-12(17)16(19)20/h2-3,5,7,12H,4,6,8-9H2,1H3,(H,19,20)/t12-/m1/s1. The summed E-state index contributed by atoms with van der Waals surface area (Å²) in [6, 6.07) is 6.55. The third-order valence-electron chi connectivity index (χ3n) is 3.98. The first-order valence-electron chi connectivity index (χ1n) is 7.16. The molecule has 1 saturated heterocycles. The van der Waals surface area contributed by atoms with Crippen LogP contribution < -0.4 is 0 Å². The number of benzene rings is 1. The summed E-state index contributed by atoms with van der Waals surface area (Å²) in [4.78, 5) is 25.4. The molecule has 2 heterocycles. The predicted octanol–water partition coefficient (Wildman–Crippen LogP) is 2.27. The lowest BCUT2D eigenvalue weighted by Crippen LogP contribution is -2.40. The lowest BCUT2D eigenvalue weighted by atomic mass is 10.1. The smallest absolute Gasteiger partial charge is 0.326 e. The van der Waals surface area contributed by atoms with Gasteiger partial charge in [0.1, 0.15) is 11.6 Å². The Balaban J connectivity index is 2.03. The van der Waals surface area contributed by atoms with Crippen molar-refractivity contribution in [1.82, 2.24) is 4.90 Å². The van der Waals surface area contributed by atoms with Crippen LogP contribution in [0.1, 0.15) is 29.0 Å². The number of methoxy groups -OCH3 is 1. The first-order chi connectivity index (χ1) is 10.6. The highest BCUT2D eigenvalue weighted by Gasteiger charge is 2.37. The van der Waals surface area contributed by atoms with Gasteiger partial charge in [0, 0.05) is 24.6 Å². The molecule has 0 bridgehead atoms. The van der Waals surface area contributed by atoms with Gasteiger partial charge >= 0.3 is 5.97 Å². The molecule has 1 N–H and O–H groups in total. The van der Waals surface area contributed by atoms with Crippen LogP contribution in [0.4, 0.5) is 0 Å². The number of furan rings is 1. The summed E-state index contributed by atoms with van der Waals surface area (Å²) in [5, 5.41) is 10.1. The third kappa shape index (κ3) is 2.35. The lowest BCUT2D eigenvalue weighted by molar-refractivity contribution is -0.141. The van der Waals surface area contributed by atoms with E-state index in [9.17, 15) is 14.7 Å². The molecule has 0 spiro atoms. The summed E-state index contributed by atoms with van der Waals surface area (Å²) in [5.41, 5.74) is 1.27. The highest BCUT2D eigenvalue weighted by Crippen LogP contribution is 2.29. The summed E-state index contributed by atoms with van der Waals surface area (Å²) in [7, 11) is 1.55. The second kappa shape index (κ2) is 5.81. The SMILES string of the molecule is COCc1c(C(=O)N2CCC[C@@H]2C(=O)O)oc2ccccc12. The molecule has 1 aromatic heterocycles. The Morgan fingerprint density at radius 3 is 2.91 bits per heavy atom. The third-order valence-corrected chi connectivity index (χ3v) is 3.98. The van der Waals surface area contributed by atoms with Crippen molar-refractivity contribution in [3.05, 3.63) is 35.6 Å². The van der Waals surface area contributed by atoms with Gasteiger partial charge in [-0.2, -0.15) is 0 Å². The fourth-order valence-electron chi connectivity index (χ4n) is 2.96. The van der Waals surface area contributed by atoms with Gasteiger partial charge in [-0.3, -0.25) is 4.79 Å². The number of hydrogen-bond donors (Lipinski definition) is 1. The molecule has 3 rings (SSSR count). The minimum Gasteiger partial charge on any atom is -0.480 e. The Bertz CT molecular complexity index is 720. The zero-order valence-corrected chi connectivity index (χ0v) is 12.2. The number of carboxylic acids is 1. The van der Waals surface area contributed by atoms with E-state index in [0.717, 1.165) is 5.39 Å². The minimum atomic E-state index is -0.977. The van der Waals surface area contributed by atoms with E-state index in [4.69, 9.17) is 9.15 Å². The Kier molecular flexibility index (Phi) is 3.85. The molecule has 2 aromatic rings. The van der Waals surface area contributed by atoms with Crippen molar-refractivity contribution in [1.29, 1.82) is 0 Å². The maximum atomic E-state index is 12.7. The normalized spacial score (nSPS) is 18.0. The fraction of sp³-hybridized carbons (Fsp3) is 0.375. The van der Waals surface area contributed by atoms with Crippen molar-refractivity contribution in [2.45, 2.75) is 25.5 Å². The molecule has 116 valence electrons. The topological polar surface area (TPSA) is 80.0 Å². The van der Waals surface area contributed by atoms with Crippen molar-refractivity contribution in [3.8, 4) is 0 Å². The first-order valence-corrected chi connectivity index (χ1v) is 7.16. The zero-order valence-electron chi connectivity index (χ0n) is 12.2. The maximum Gasteiger partial charge on any atom is 0.326 e. The molecule has 22 heavy (non-hydrogen) atoms. The Hall–Kier alpha value is -2.34. The van der Waals surface area contributed by atoms with E-state index in [2.05, 4.69) is 0 Å². The number of ether oxygens (including phenoxy) is 1. The second-order valence-corrected chi connectivity index (χ2v) is 5.33. The second-order valence-electron chi connectivity index (χ2n) is 5.33. The van der Waals surface area contributed by atoms with Gasteiger partial charge in [0.25, 0.3) is 5.91 Å². The van der Waals surface area contributed by atoms with E-state index < -0.39 is 12.0 Å². The minimum absolute atomic E-state index is 0.177. The van der Waals surface area contributed by atoms with Crippen molar-refractivity contribution in [2.75, 3.05) is 13.7 Å². The van der Waals surface area contributed by atoms with Crippen LogP contribution >= 0.6 is 0 Å². The Labute approximate surface area is 127 Å². The van der Waals surface area contributed by atoms with Crippen LogP contribution in [0, 0.1) is 0 Å². The van der Waals surface area contributed by atoms with E-state index in [0.29, 0.717) is 30.5 Å². The molecule has 0 unspecified atom stereocenters. The van der Waals surface area contributed by atoms with Gasteiger partial charge in [0.15, 0.2) is 5.76 Å². The molecule has 1 aromatic carbocycles. The van der Waals surface area contributed by atoms with Crippen LogP contribution in [-0.2, 0) is 16.1 Å². The summed E-state index contributed by atoms with van der Waals surface area (Å²) >= 11 is 0. The summed E-state index contributed by atoms with van der Waals surface area (Å²) in [5.74, 6) is -1.18. The molecule has 0 saturated carbocycles. The van der Waals surface area contributed by atoms with Crippen LogP contribution in [-0.4, -0.2) is 41.6 Å². The first kappa shape index (κ1) is 14.6. The maximum absolute atomic E-state index is 12.7. The van der Waals surface area contributed by atoms with Crippen molar-refractivity contribution in [3.63, 3.8) is 0 Å². The number of rotatable bonds is 4. The highest BCUT2D eigenvalue weighted by atomic mass is 16.5. The summed E-state index contributed by atoms with van der Waals surface area (Å²) < 4.78 is 10.9. The van der Waals surface area contributed by atoms with Gasteiger partial charge in [-0.15, -0.1) is 0 Å². The van der Waals surface area contributed by atoms with E-state index in [1.54, 1.807) is 13.2 Å². The number of aliphatic carboxylic acids is 1. The molecule has 1 atom stereocenters. The van der Waals surface area contributed by atoms with Crippen LogP contribution in [0.15, 0.2) is 28.7 Å². The van der Waals surface area contributed by atoms with E-state index in [-0.39, 0.29) is 18.3 Å². The molecule has 6 heteroatoms. The average molecular weight is 303 g/mol. The Morgan fingerprint density at radius 1 is 1.41 bits per heavy atom. The number of hydrogen-bond acceptors (Lipinski definition) is 4. The largest absolute Gasteiger partial charge is 0.480 e. The van der Waals surface area contributed by atoms with Crippen LogP contribution in [0.5, 0.6) is 0 Å². The molecule has 0 radical (unpaired) electrons. The summed E-state index contributed by atoms with van der Waals surface area (Å²) in [6.07, 6.45) is 1.16. The number of nitrogens with zero attached hydrogens (tertiary/aromatic N) is 1. The zero-order chi connectivity index (χ0) is 15.7. The van der Waals surface area contributed by atoms with Crippen LogP contribution in [0.25, 0.3) is 11.0 Å². The molecule has 1 fully saturated rings. The number of likely N-dealkylation sites (tertiary alicyclic amines) is 1. The van der Waals surface area contributed by atoms with Gasteiger partial charge in [-0.1, -0.05) is 18.2 Å². The van der Waals surface area contributed by atoms with Crippen molar-refractivity contribution in [2.24, 2.45) is 0 Å². The molecule has 1 aliphatic heterocycles. The van der Waals surface area contributed by atoms with Crippen LogP contribution in [0.3, 0.4) is 0 Å². The number of carbonyl (C=O) groups is 2. The Morgan fingerprint density at radius 2 is 2.18 bits per heavy atom. The lowest BCUT2D eigenvalue weighted by Gasteiger charge is -2.20. The number of carboxylic acid groups (broad SMARTS) is 1. The van der Waals surface area contributed by atoms with E-state index >= 15 is 0 Å². The molecule has 1 aliphatic rings. The fourth-order valence-corrected chi connectivity index (χ4v) is 2.96. The van der Waals surface area contributed by atoms with E-state index in [1.165, 1.54) is 4.90 Å².